The number of rotatable bonds is 5. The molecule has 2 aromatic rings. The van der Waals surface area contributed by atoms with Crippen LogP contribution < -0.4 is 5.32 Å². The lowest BCUT2D eigenvalue weighted by atomic mass is 10.1. The van der Waals surface area contributed by atoms with Crippen LogP contribution in [0.15, 0.2) is 41.0 Å². The van der Waals surface area contributed by atoms with E-state index in [1.807, 2.05) is 31.2 Å². The number of carboxylic acid groups (broad SMARTS) is 1. The Labute approximate surface area is 134 Å². The molecule has 5 heteroatoms. The van der Waals surface area contributed by atoms with Crippen molar-refractivity contribution >= 4 is 11.9 Å². The molecule has 1 amide bonds. The molecule has 118 valence electrons. The number of nitrogens with one attached hydrogen (secondary N) is 1. The smallest absolute Gasteiger partial charge is 0.303 e. The molecule has 0 bridgehead atoms. The third-order valence-corrected chi connectivity index (χ3v) is 3.08. The second kappa shape index (κ2) is 7.85. The van der Waals surface area contributed by atoms with Crippen LogP contribution in [-0.2, 0) is 4.79 Å². The summed E-state index contributed by atoms with van der Waals surface area (Å²) in [7, 11) is 0. The summed E-state index contributed by atoms with van der Waals surface area (Å²) in [6, 6.07) is 9.38. The van der Waals surface area contributed by atoms with Gasteiger partial charge in [0.2, 0.25) is 0 Å². The number of benzene rings is 1. The van der Waals surface area contributed by atoms with Crippen molar-refractivity contribution < 1.29 is 19.1 Å². The number of carbonyl (C=O) groups excluding carboxylic acids is 1. The largest absolute Gasteiger partial charge is 0.481 e. The van der Waals surface area contributed by atoms with Crippen molar-refractivity contribution in [2.45, 2.75) is 19.8 Å². The lowest BCUT2D eigenvalue weighted by Crippen LogP contribution is -2.24. The maximum atomic E-state index is 11.8. The zero-order valence-corrected chi connectivity index (χ0v) is 12.8. The van der Waals surface area contributed by atoms with Gasteiger partial charge in [-0.05, 0) is 25.5 Å². The zero-order chi connectivity index (χ0) is 16.7. The number of furan rings is 1. The zero-order valence-electron chi connectivity index (χ0n) is 12.8. The van der Waals surface area contributed by atoms with Crippen LogP contribution in [0.5, 0.6) is 0 Å². The standard InChI is InChI=1S/C18H17NO4/c1-13-4-6-14(7-5-13)8-9-15-11-16(23-12-15)18(22)19-10-2-3-17(20)21/h4-7,11-12H,2-3,10H2,1H3,(H,19,22)(H,20,21). The Kier molecular flexibility index (Phi) is 5.59. The molecular formula is C18H17NO4. The first kappa shape index (κ1) is 16.4. The molecule has 1 heterocycles. The first-order chi connectivity index (χ1) is 11.0. The molecule has 2 N–H and O–H groups in total. The van der Waals surface area contributed by atoms with E-state index >= 15 is 0 Å². The minimum Gasteiger partial charge on any atom is -0.481 e. The lowest BCUT2D eigenvalue weighted by Gasteiger charge is -2.00. The molecule has 2 rings (SSSR count). The van der Waals surface area contributed by atoms with Gasteiger partial charge in [-0.1, -0.05) is 29.5 Å². The van der Waals surface area contributed by atoms with Gasteiger partial charge in [0.25, 0.3) is 5.91 Å². The number of aliphatic carboxylic acids is 1. The van der Waals surface area contributed by atoms with Crippen molar-refractivity contribution in [2.75, 3.05) is 6.54 Å². The summed E-state index contributed by atoms with van der Waals surface area (Å²) in [5, 5.41) is 11.1. The Morgan fingerprint density at radius 3 is 2.57 bits per heavy atom. The molecule has 0 fully saturated rings. The summed E-state index contributed by atoms with van der Waals surface area (Å²) in [6.07, 6.45) is 1.82. The van der Waals surface area contributed by atoms with E-state index in [-0.39, 0.29) is 24.6 Å². The van der Waals surface area contributed by atoms with Crippen molar-refractivity contribution in [1.82, 2.24) is 5.32 Å². The monoisotopic (exact) mass is 311 g/mol. The third-order valence-electron chi connectivity index (χ3n) is 3.08. The summed E-state index contributed by atoms with van der Waals surface area (Å²) in [4.78, 5) is 22.2. The molecule has 0 atom stereocenters. The normalized spacial score (nSPS) is 9.78. The average molecular weight is 311 g/mol. The van der Waals surface area contributed by atoms with Crippen LogP contribution in [0.4, 0.5) is 0 Å². The quantitative estimate of drug-likeness (QED) is 0.657. The van der Waals surface area contributed by atoms with E-state index in [9.17, 15) is 9.59 Å². The van der Waals surface area contributed by atoms with E-state index in [2.05, 4.69) is 17.2 Å². The van der Waals surface area contributed by atoms with Gasteiger partial charge >= 0.3 is 5.97 Å². The average Bonchev–Trinajstić information content (AvgIpc) is 3.00. The van der Waals surface area contributed by atoms with Crippen LogP contribution in [0.3, 0.4) is 0 Å². The molecular weight excluding hydrogens is 294 g/mol. The highest BCUT2D eigenvalue weighted by molar-refractivity contribution is 5.91. The van der Waals surface area contributed by atoms with Crippen molar-refractivity contribution in [3.8, 4) is 11.8 Å². The van der Waals surface area contributed by atoms with Gasteiger partial charge in [-0.2, -0.15) is 0 Å². The highest BCUT2D eigenvalue weighted by Crippen LogP contribution is 2.07. The van der Waals surface area contributed by atoms with Gasteiger partial charge in [0.05, 0.1) is 5.56 Å². The summed E-state index contributed by atoms with van der Waals surface area (Å²) in [5.41, 5.74) is 2.67. The van der Waals surface area contributed by atoms with Gasteiger partial charge in [-0.25, -0.2) is 0 Å². The van der Waals surface area contributed by atoms with Gasteiger partial charge in [0.1, 0.15) is 6.26 Å². The van der Waals surface area contributed by atoms with Gasteiger partial charge < -0.3 is 14.8 Å². The summed E-state index contributed by atoms with van der Waals surface area (Å²) in [6.45, 7) is 2.30. The van der Waals surface area contributed by atoms with Crippen LogP contribution in [0.1, 0.15) is 40.1 Å². The minimum absolute atomic E-state index is 0.0196. The van der Waals surface area contributed by atoms with E-state index < -0.39 is 5.97 Å². The fourth-order valence-electron chi connectivity index (χ4n) is 1.83. The summed E-state index contributed by atoms with van der Waals surface area (Å²) in [5.74, 6) is 4.84. The number of hydrogen-bond acceptors (Lipinski definition) is 3. The van der Waals surface area contributed by atoms with E-state index in [0.29, 0.717) is 12.0 Å². The third kappa shape index (κ3) is 5.36. The second-order valence-electron chi connectivity index (χ2n) is 5.07. The summed E-state index contributed by atoms with van der Waals surface area (Å²) < 4.78 is 5.18. The lowest BCUT2D eigenvalue weighted by molar-refractivity contribution is -0.137. The van der Waals surface area contributed by atoms with Crippen molar-refractivity contribution in [2.24, 2.45) is 0 Å². The van der Waals surface area contributed by atoms with Crippen LogP contribution in [0.25, 0.3) is 0 Å². The maximum absolute atomic E-state index is 11.8. The Morgan fingerprint density at radius 2 is 1.87 bits per heavy atom. The number of amides is 1. The topological polar surface area (TPSA) is 79.5 Å². The first-order valence-electron chi connectivity index (χ1n) is 7.22. The molecule has 0 aliphatic rings. The minimum atomic E-state index is -0.883. The Bertz CT molecular complexity index is 747. The van der Waals surface area contributed by atoms with Crippen LogP contribution in [0.2, 0.25) is 0 Å². The first-order valence-corrected chi connectivity index (χ1v) is 7.22. The van der Waals surface area contributed by atoms with Crippen LogP contribution in [0, 0.1) is 18.8 Å². The molecule has 0 unspecified atom stereocenters. The molecule has 1 aromatic carbocycles. The molecule has 23 heavy (non-hydrogen) atoms. The molecule has 0 aliphatic carbocycles. The van der Waals surface area contributed by atoms with Crippen molar-refractivity contribution in [1.29, 1.82) is 0 Å². The fraction of sp³-hybridized carbons (Fsp3) is 0.222. The van der Waals surface area contributed by atoms with E-state index in [1.165, 1.54) is 11.8 Å². The van der Waals surface area contributed by atoms with Crippen LogP contribution >= 0.6 is 0 Å². The SMILES string of the molecule is Cc1ccc(C#Cc2coc(C(=O)NCCCC(=O)O)c2)cc1. The maximum Gasteiger partial charge on any atom is 0.303 e. The molecule has 0 radical (unpaired) electrons. The number of aryl methyl sites for hydroxylation is 1. The van der Waals surface area contributed by atoms with Gasteiger partial charge in [0, 0.05) is 24.6 Å². The van der Waals surface area contributed by atoms with E-state index in [1.54, 1.807) is 6.07 Å². The summed E-state index contributed by atoms with van der Waals surface area (Å²) >= 11 is 0. The number of carboxylic acids is 1. The predicted octanol–water partition coefficient (Wildman–Crippen LogP) is 2.58. The van der Waals surface area contributed by atoms with E-state index in [0.717, 1.165) is 5.56 Å². The molecule has 1 aromatic heterocycles. The fourth-order valence-corrected chi connectivity index (χ4v) is 1.83. The molecule has 0 spiro atoms. The molecule has 5 nitrogen and oxygen atoms in total. The number of carbonyl (C=O) groups is 2. The Hall–Kier alpha value is -3.00. The second-order valence-corrected chi connectivity index (χ2v) is 5.07. The predicted molar refractivity (Wildman–Crippen MR) is 85.1 cm³/mol. The highest BCUT2D eigenvalue weighted by Gasteiger charge is 2.10. The van der Waals surface area contributed by atoms with Gasteiger partial charge in [-0.3, -0.25) is 9.59 Å². The molecule has 0 aliphatic heterocycles. The molecule has 0 saturated carbocycles. The van der Waals surface area contributed by atoms with Gasteiger partial charge in [-0.15, -0.1) is 0 Å². The Morgan fingerprint density at radius 1 is 1.17 bits per heavy atom. The Balaban J connectivity index is 1.91. The van der Waals surface area contributed by atoms with E-state index in [4.69, 9.17) is 9.52 Å². The molecule has 0 saturated heterocycles. The highest BCUT2D eigenvalue weighted by atomic mass is 16.4. The van der Waals surface area contributed by atoms with Crippen LogP contribution in [-0.4, -0.2) is 23.5 Å². The number of hydrogen-bond donors (Lipinski definition) is 2. The van der Waals surface area contributed by atoms with Crippen molar-refractivity contribution in [3.05, 3.63) is 59.0 Å². The van der Waals surface area contributed by atoms with Gasteiger partial charge in [0.15, 0.2) is 5.76 Å². The van der Waals surface area contributed by atoms with Crippen molar-refractivity contribution in [3.63, 3.8) is 0 Å².